The van der Waals surface area contributed by atoms with Gasteiger partial charge in [0, 0.05) is 58.1 Å². The van der Waals surface area contributed by atoms with Gasteiger partial charge >= 0.3 is 0 Å². The lowest BCUT2D eigenvalue weighted by molar-refractivity contribution is 0.669. The van der Waals surface area contributed by atoms with Crippen LogP contribution in [-0.2, 0) is 0 Å². The lowest BCUT2D eigenvalue weighted by Gasteiger charge is -2.16. The predicted octanol–water partition coefficient (Wildman–Crippen LogP) is 14.1. The zero-order valence-corrected chi connectivity index (χ0v) is 30.1. The van der Waals surface area contributed by atoms with Crippen molar-refractivity contribution in [2.45, 2.75) is 0 Å². The van der Waals surface area contributed by atoms with Crippen LogP contribution in [0.1, 0.15) is 0 Å². The van der Waals surface area contributed by atoms with Gasteiger partial charge in [0.2, 0.25) is 5.95 Å². The van der Waals surface area contributed by atoms with Gasteiger partial charge < -0.3 is 4.42 Å². The van der Waals surface area contributed by atoms with E-state index in [0.717, 1.165) is 82.1 Å². The summed E-state index contributed by atoms with van der Waals surface area (Å²) < 4.78 is 11.2. The number of para-hydroxylation sites is 2. The van der Waals surface area contributed by atoms with Crippen molar-refractivity contribution in [3.8, 4) is 17.2 Å². The highest BCUT2D eigenvalue weighted by Crippen LogP contribution is 2.44. The summed E-state index contributed by atoms with van der Waals surface area (Å²) in [6.45, 7) is 0. The molecule has 0 amide bonds. The first-order valence-electron chi connectivity index (χ1n) is 18.6. The van der Waals surface area contributed by atoms with Gasteiger partial charge in [-0.2, -0.15) is 0 Å². The van der Waals surface area contributed by atoms with Gasteiger partial charge in [-0.3, -0.25) is 4.57 Å². The van der Waals surface area contributed by atoms with E-state index in [4.69, 9.17) is 14.4 Å². The molecule has 254 valence electrons. The van der Waals surface area contributed by atoms with Crippen LogP contribution in [0.2, 0.25) is 0 Å². The Kier molecular flexibility index (Phi) is 5.74. The highest BCUT2D eigenvalue weighted by atomic mass is 32.1. The molecule has 0 atom stereocenters. The number of benzene rings is 9. The fraction of sp³-hybridized carbons (Fsp3) is 0. The fourth-order valence-electron chi connectivity index (χ4n) is 9.17. The van der Waals surface area contributed by atoms with Crippen molar-refractivity contribution in [3.63, 3.8) is 0 Å². The maximum atomic E-state index is 6.36. The Bertz CT molecular complexity index is 3790. The smallest absolute Gasteiger partial charge is 0.235 e. The molecule has 0 saturated carbocycles. The molecule has 4 nitrogen and oxygen atoms in total. The number of hydrogen-bond donors (Lipinski definition) is 0. The Hall–Kier alpha value is -7.08. The second-order valence-electron chi connectivity index (χ2n) is 14.5. The summed E-state index contributed by atoms with van der Waals surface area (Å²) in [6, 6.07) is 58.8. The van der Waals surface area contributed by atoms with E-state index < -0.39 is 0 Å². The molecule has 0 saturated heterocycles. The van der Waals surface area contributed by atoms with E-state index in [0.29, 0.717) is 5.95 Å². The Balaban J connectivity index is 1.21. The molecule has 0 spiro atoms. The van der Waals surface area contributed by atoms with E-state index in [1.807, 2.05) is 23.5 Å². The second-order valence-corrected chi connectivity index (χ2v) is 15.6. The van der Waals surface area contributed by atoms with E-state index in [9.17, 15) is 0 Å². The van der Waals surface area contributed by atoms with E-state index in [1.165, 1.54) is 36.3 Å². The van der Waals surface area contributed by atoms with Crippen LogP contribution in [0.3, 0.4) is 0 Å². The van der Waals surface area contributed by atoms with Crippen LogP contribution in [0.25, 0.3) is 124 Å². The first-order valence-corrected chi connectivity index (χ1v) is 19.4. The quantitative estimate of drug-likeness (QED) is 0.167. The van der Waals surface area contributed by atoms with Crippen molar-refractivity contribution in [3.05, 3.63) is 164 Å². The number of rotatable bonds is 2. The van der Waals surface area contributed by atoms with Crippen molar-refractivity contribution in [1.82, 2.24) is 14.5 Å². The van der Waals surface area contributed by atoms with Crippen LogP contribution in [0.5, 0.6) is 0 Å². The number of aromatic nitrogens is 3. The highest BCUT2D eigenvalue weighted by Gasteiger charge is 2.22. The molecule has 0 fully saturated rings. The lowest BCUT2D eigenvalue weighted by atomic mass is 9.94. The van der Waals surface area contributed by atoms with Gasteiger partial charge in [-0.15, -0.1) is 11.3 Å². The van der Waals surface area contributed by atoms with Crippen LogP contribution in [0.4, 0.5) is 0 Å². The van der Waals surface area contributed by atoms with Gasteiger partial charge in [-0.1, -0.05) is 115 Å². The lowest BCUT2D eigenvalue weighted by Crippen LogP contribution is -2.04. The number of furan rings is 1. The Labute approximate surface area is 317 Å². The molecule has 0 unspecified atom stereocenters. The maximum absolute atomic E-state index is 6.36. The Morgan fingerprint density at radius 1 is 0.418 bits per heavy atom. The molecule has 0 aliphatic carbocycles. The molecule has 9 aromatic carbocycles. The molecule has 0 aliphatic heterocycles. The van der Waals surface area contributed by atoms with Gasteiger partial charge in [0.25, 0.3) is 0 Å². The van der Waals surface area contributed by atoms with Gasteiger partial charge in [-0.05, 0) is 75.5 Å². The number of hydrogen-bond acceptors (Lipinski definition) is 4. The molecule has 55 heavy (non-hydrogen) atoms. The third-order valence-corrected chi connectivity index (χ3v) is 12.7. The Morgan fingerprint density at radius 3 is 1.98 bits per heavy atom. The topological polar surface area (TPSA) is 43.9 Å². The van der Waals surface area contributed by atoms with Crippen LogP contribution in [0.15, 0.2) is 168 Å². The van der Waals surface area contributed by atoms with Crippen LogP contribution in [0, 0.1) is 0 Å². The van der Waals surface area contributed by atoms with Crippen LogP contribution < -0.4 is 0 Å². The summed E-state index contributed by atoms with van der Waals surface area (Å²) in [5.41, 5.74) is 6.84. The third-order valence-electron chi connectivity index (χ3n) is 11.6. The van der Waals surface area contributed by atoms with Gasteiger partial charge in [0.15, 0.2) is 0 Å². The largest absolute Gasteiger partial charge is 0.456 e. The van der Waals surface area contributed by atoms with Crippen molar-refractivity contribution in [2.75, 3.05) is 0 Å². The summed E-state index contributed by atoms with van der Waals surface area (Å²) in [6.07, 6.45) is 0. The molecule has 0 bridgehead atoms. The van der Waals surface area contributed by atoms with Gasteiger partial charge in [0.1, 0.15) is 11.2 Å². The van der Waals surface area contributed by atoms with Gasteiger partial charge in [-0.25, -0.2) is 9.97 Å². The maximum Gasteiger partial charge on any atom is 0.235 e. The summed E-state index contributed by atoms with van der Waals surface area (Å²) in [5.74, 6) is 0.646. The standard InChI is InChI=1S/C50H27N3OS/c1-3-15-34-30(11-1)31-12-2-4-16-35(31)49-47(34)48(29-22-24-45-39(26-29)33-14-7-10-20-44(33)55-45)51-50(52-49)53-40-18-8-5-13-32(40)38-25-28-21-23-43-46(37(28)27-41(38)53)36-17-6-9-19-42(36)54-43/h1-27H. The molecule has 4 aromatic heterocycles. The fourth-order valence-corrected chi connectivity index (χ4v) is 10.3. The minimum absolute atomic E-state index is 0.646. The molecule has 13 rings (SSSR count). The van der Waals surface area contributed by atoms with Crippen molar-refractivity contribution >= 4 is 118 Å². The SMILES string of the molecule is c1ccc2c(c1)oc1ccc3cc4c5ccccc5n(-c5nc(-c6ccc7sc8ccccc8c7c6)c6c7ccccc7c7ccccc7c6n5)c4cc3c12. The zero-order valence-electron chi connectivity index (χ0n) is 29.2. The van der Waals surface area contributed by atoms with Crippen LogP contribution >= 0.6 is 11.3 Å². The van der Waals surface area contributed by atoms with Crippen molar-refractivity contribution in [1.29, 1.82) is 0 Å². The van der Waals surface area contributed by atoms with E-state index in [1.54, 1.807) is 0 Å². The summed E-state index contributed by atoms with van der Waals surface area (Å²) in [4.78, 5) is 11.3. The van der Waals surface area contributed by atoms with E-state index >= 15 is 0 Å². The average molecular weight is 718 g/mol. The molecule has 4 heterocycles. The van der Waals surface area contributed by atoms with Crippen molar-refractivity contribution < 1.29 is 4.42 Å². The summed E-state index contributed by atoms with van der Waals surface area (Å²) in [5, 5.41) is 15.1. The number of nitrogens with zero attached hydrogens (tertiary/aromatic N) is 3. The molecule has 5 heteroatoms. The zero-order chi connectivity index (χ0) is 35.8. The monoisotopic (exact) mass is 717 g/mol. The number of fused-ring (bicyclic) bond motifs is 17. The first-order chi connectivity index (χ1) is 27.3. The summed E-state index contributed by atoms with van der Waals surface area (Å²) >= 11 is 1.84. The molecule has 0 radical (unpaired) electrons. The minimum atomic E-state index is 0.646. The highest BCUT2D eigenvalue weighted by molar-refractivity contribution is 7.25. The minimum Gasteiger partial charge on any atom is -0.456 e. The van der Waals surface area contributed by atoms with E-state index in [2.05, 4.69) is 156 Å². The van der Waals surface area contributed by atoms with E-state index in [-0.39, 0.29) is 0 Å². The summed E-state index contributed by atoms with van der Waals surface area (Å²) in [7, 11) is 0. The molecular formula is C50H27N3OS. The van der Waals surface area contributed by atoms with Crippen molar-refractivity contribution in [2.24, 2.45) is 0 Å². The third kappa shape index (κ3) is 4.00. The van der Waals surface area contributed by atoms with Crippen LogP contribution in [-0.4, -0.2) is 14.5 Å². The molecule has 0 N–H and O–H groups in total. The molecule has 13 aromatic rings. The average Bonchev–Trinajstić information content (AvgIpc) is 3.92. The number of thiophene rings is 1. The first kappa shape index (κ1) is 29.4. The predicted molar refractivity (Wildman–Crippen MR) is 232 cm³/mol. The van der Waals surface area contributed by atoms with Gasteiger partial charge in [0.05, 0.1) is 22.2 Å². The Morgan fingerprint density at radius 2 is 1.11 bits per heavy atom. The molecule has 0 aliphatic rings. The molecular weight excluding hydrogens is 691 g/mol. The normalized spacial score (nSPS) is 12.4. The second kappa shape index (κ2) is 10.8.